The summed E-state index contributed by atoms with van der Waals surface area (Å²) in [4.78, 5) is 3.99. The molecule has 0 radical (unpaired) electrons. The molecule has 5 nitrogen and oxygen atoms in total. The van der Waals surface area contributed by atoms with Crippen LogP contribution in [0.2, 0.25) is 0 Å². The van der Waals surface area contributed by atoms with Gasteiger partial charge in [0.1, 0.15) is 5.60 Å². The zero-order chi connectivity index (χ0) is 13.8. The van der Waals surface area contributed by atoms with Crippen LogP contribution < -0.4 is 10.6 Å². The minimum Gasteiger partial charge on any atom is -0.377 e. The topological polar surface area (TPSA) is 55.4 Å². The van der Waals surface area contributed by atoms with Gasteiger partial charge in [-0.3, -0.25) is 0 Å². The lowest BCUT2D eigenvalue weighted by Gasteiger charge is -2.25. The van der Waals surface area contributed by atoms with Crippen LogP contribution in [0.25, 0.3) is 0 Å². The van der Waals surface area contributed by atoms with Crippen molar-refractivity contribution in [3.8, 4) is 0 Å². The number of hydrogen-bond acceptors (Lipinski definition) is 5. The van der Waals surface area contributed by atoms with Gasteiger partial charge in [0.2, 0.25) is 0 Å². The number of halogens is 1. The number of anilines is 1. The van der Waals surface area contributed by atoms with Gasteiger partial charge in [0.05, 0.1) is 19.8 Å². The van der Waals surface area contributed by atoms with E-state index < -0.39 is 0 Å². The lowest BCUT2D eigenvalue weighted by molar-refractivity contribution is -0.0471. The van der Waals surface area contributed by atoms with E-state index in [2.05, 4.69) is 15.6 Å². The van der Waals surface area contributed by atoms with Gasteiger partial charge in [-0.05, 0) is 18.6 Å². The van der Waals surface area contributed by atoms with Crippen LogP contribution in [0.1, 0.15) is 6.42 Å². The highest BCUT2D eigenvalue weighted by Crippen LogP contribution is 2.31. The van der Waals surface area contributed by atoms with Gasteiger partial charge in [0.25, 0.3) is 0 Å². The first-order chi connectivity index (χ1) is 9.77. The summed E-state index contributed by atoms with van der Waals surface area (Å²) in [6, 6.07) is 2.99. The van der Waals surface area contributed by atoms with Crippen molar-refractivity contribution in [3.63, 3.8) is 0 Å². The predicted molar refractivity (Wildman–Crippen MR) is 73.2 cm³/mol. The summed E-state index contributed by atoms with van der Waals surface area (Å²) in [5, 5.41) is 6.41. The van der Waals surface area contributed by atoms with Crippen molar-refractivity contribution >= 4 is 5.82 Å². The van der Waals surface area contributed by atoms with E-state index in [1.54, 1.807) is 12.3 Å². The molecule has 2 fully saturated rings. The maximum atomic E-state index is 13.5. The number of aromatic nitrogens is 1. The molecule has 0 amide bonds. The summed E-state index contributed by atoms with van der Waals surface area (Å²) >= 11 is 0. The smallest absolute Gasteiger partial charge is 0.165 e. The third-order valence-electron chi connectivity index (χ3n) is 3.84. The van der Waals surface area contributed by atoms with Gasteiger partial charge in [-0.2, -0.15) is 0 Å². The highest BCUT2D eigenvalue weighted by atomic mass is 19.1. The third-order valence-corrected chi connectivity index (χ3v) is 3.84. The molecule has 2 aliphatic rings. The Hall–Kier alpha value is -1.24. The standard InChI is InChI=1S/C14H20FN3O2/c15-12-2-1-3-17-13(12)18-7-11-6-14(20-8-11)9-16-4-5-19-10-14/h1-3,11,16H,4-10H2,(H,17,18)/t11-,14-/m1/s1. The molecule has 3 heterocycles. The molecule has 20 heavy (non-hydrogen) atoms. The molecule has 2 N–H and O–H groups in total. The first kappa shape index (κ1) is 13.7. The summed E-state index contributed by atoms with van der Waals surface area (Å²) in [5.41, 5.74) is -0.217. The second-order valence-electron chi connectivity index (χ2n) is 5.51. The van der Waals surface area contributed by atoms with Crippen molar-refractivity contribution in [2.24, 2.45) is 5.92 Å². The van der Waals surface area contributed by atoms with Crippen LogP contribution in [-0.4, -0.2) is 50.0 Å². The molecule has 1 aromatic rings. The van der Waals surface area contributed by atoms with Gasteiger partial charge in [-0.25, -0.2) is 9.37 Å². The number of pyridine rings is 1. The second-order valence-corrected chi connectivity index (χ2v) is 5.51. The van der Waals surface area contributed by atoms with Crippen LogP contribution in [0.15, 0.2) is 18.3 Å². The zero-order valence-electron chi connectivity index (χ0n) is 11.4. The summed E-state index contributed by atoms with van der Waals surface area (Å²) < 4.78 is 25.0. The van der Waals surface area contributed by atoms with Crippen molar-refractivity contribution < 1.29 is 13.9 Å². The van der Waals surface area contributed by atoms with Gasteiger partial charge in [-0.15, -0.1) is 0 Å². The molecule has 0 bridgehead atoms. The number of rotatable bonds is 3. The molecule has 6 heteroatoms. The molecule has 2 atom stereocenters. The van der Waals surface area contributed by atoms with Gasteiger partial charge < -0.3 is 20.1 Å². The summed E-state index contributed by atoms with van der Waals surface area (Å²) in [6.07, 6.45) is 2.50. The van der Waals surface area contributed by atoms with Crippen molar-refractivity contribution in [2.75, 3.05) is 44.8 Å². The maximum absolute atomic E-state index is 13.5. The fourth-order valence-corrected chi connectivity index (χ4v) is 2.82. The lowest BCUT2D eigenvalue weighted by atomic mass is 9.94. The van der Waals surface area contributed by atoms with Crippen molar-refractivity contribution in [2.45, 2.75) is 12.0 Å². The molecule has 110 valence electrons. The van der Waals surface area contributed by atoms with Crippen molar-refractivity contribution in [1.82, 2.24) is 10.3 Å². The van der Waals surface area contributed by atoms with E-state index in [1.807, 2.05) is 0 Å². The average Bonchev–Trinajstić information content (AvgIpc) is 2.70. The maximum Gasteiger partial charge on any atom is 0.165 e. The zero-order valence-corrected chi connectivity index (χ0v) is 11.4. The molecule has 1 aromatic heterocycles. The quantitative estimate of drug-likeness (QED) is 0.866. The molecular formula is C14H20FN3O2. The van der Waals surface area contributed by atoms with Gasteiger partial charge in [0.15, 0.2) is 11.6 Å². The number of ether oxygens (including phenoxy) is 2. The van der Waals surface area contributed by atoms with E-state index in [9.17, 15) is 4.39 Å². The van der Waals surface area contributed by atoms with Crippen LogP contribution in [0.5, 0.6) is 0 Å². The van der Waals surface area contributed by atoms with E-state index in [1.165, 1.54) is 6.07 Å². The minimum absolute atomic E-state index is 0.217. The number of nitrogens with one attached hydrogen (secondary N) is 2. The number of nitrogens with zero attached hydrogens (tertiary/aromatic N) is 1. The Labute approximate surface area is 117 Å². The normalized spacial score (nSPS) is 30.4. The Morgan fingerprint density at radius 3 is 3.40 bits per heavy atom. The SMILES string of the molecule is Fc1cccnc1NC[C@@H]1CO[C@@]2(CNCCOC2)C1. The van der Waals surface area contributed by atoms with Gasteiger partial charge in [0, 0.05) is 31.7 Å². The van der Waals surface area contributed by atoms with Gasteiger partial charge in [-0.1, -0.05) is 0 Å². The van der Waals surface area contributed by atoms with E-state index in [0.29, 0.717) is 31.5 Å². The summed E-state index contributed by atoms with van der Waals surface area (Å²) in [6.45, 7) is 4.39. The first-order valence-corrected chi connectivity index (χ1v) is 7.04. The van der Waals surface area contributed by atoms with Gasteiger partial charge >= 0.3 is 0 Å². The third kappa shape index (κ3) is 3.08. The van der Waals surface area contributed by atoms with E-state index in [-0.39, 0.29) is 11.4 Å². The predicted octanol–water partition coefficient (Wildman–Crippen LogP) is 1.03. The van der Waals surface area contributed by atoms with E-state index in [0.717, 1.165) is 26.1 Å². The fourth-order valence-electron chi connectivity index (χ4n) is 2.82. The van der Waals surface area contributed by atoms with E-state index in [4.69, 9.17) is 9.47 Å². The van der Waals surface area contributed by atoms with Crippen molar-refractivity contribution in [3.05, 3.63) is 24.1 Å². The molecular weight excluding hydrogens is 261 g/mol. The second kappa shape index (κ2) is 6.03. The minimum atomic E-state index is -0.319. The molecule has 0 aromatic carbocycles. The molecule has 0 unspecified atom stereocenters. The Morgan fingerprint density at radius 2 is 2.50 bits per heavy atom. The van der Waals surface area contributed by atoms with Crippen LogP contribution >= 0.6 is 0 Å². The summed E-state index contributed by atoms with van der Waals surface area (Å²) in [5.74, 6) is 0.337. The fraction of sp³-hybridized carbons (Fsp3) is 0.643. The highest BCUT2D eigenvalue weighted by molar-refractivity contribution is 5.35. The monoisotopic (exact) mass is 281 g/mol. The Kier molecular flexibility index (Phi) is 4.14. The highest BCUT2D eigenvalue weighted by Gasteiger charge is 2.41. The van der Waals surface area contributed by atoms with Crippen LogP contribution in [-0.2, 0) is 9.47 Å². The van der Waals surface area contributed by atoms with Crippen molar-refractivity contribution in [1.29, 1.82) is 0 Å². The number of hydrogen-bond donors (Lipinski definition) is 2. The summed E-state index contributed by atoms with van der Waals surface area (Å²) in [7, 11) is 0. The van der Waals surface area contributed by atoms with Crippen LogP contribution in [0.4, 0.5) is 10.2 Å². The first-order valence-electron chi connectivity index (χ1n) is 7.04. The average molecular weight is 281 g/mol. The molecule has 0 aliphatic carbocycles. The Balaban J connectivity index is 1.54. The molecule has 1 spiro atoms. The lowest BCUT2D eigenvalue weighted by Crippen LogP contribution is -2.42. The molecule has 0 saturated carbocycles. The Morgan fingerprint density at radius 1 is 1.55 bits per heavy atom. The van der Waals surface area contributed by atoms with Crippen LogP contribution in [0.3, 0.4) is 0 Å². The molecule has 3 rings (SSSR count). The molecule has 2 saturated heterocycles. The molecule has 2 aliphatic heterocycles. The van der Waals surface area contributed by atoms with Crippen LogP contribution in [0, 0.1) is 11.7 Å². The largest absolute Gasteiger partial charge is 0.377 e. The Bertz CT molecular complexity index is 450. The van der Waals surface area contributed by atoms with E-state index >= 15 is 0 Å².